The fourth-order valence-corrected chi connectivity index (χ4v) is 3.37. The number of nitrogens with zero attached hydrogens (tertiary/aromatic N) is 1. The first-order chi connectivity index (χ1) is 9.24. The fraction of sp³-hybridized carbons (Fsp3) is 0.933. The van der Waals surface area contributed by atoms with Crippen LogP contribution in [0.2, 0.25) is 0 Å². The maximum absolute atomic E-state index is 12.5. The predicted molar refractivity (Wildman–Crippen MR) is 76.0 cm³/mol. The van der Waals surface area contributed by atoms with Crippen LogP contribution in [0.3, 0.4) is 0 Å². The van der Waals surface area contributed by atoms with Gasteiger partial charge in [0.25, 0.3) is 0 Å². The molecule has 4 nitrogen and oxygen atoms in total. The van der Waals surface area contributed by atoms with Gasteiger partial charge in [0, 0.05) is 26.7 Å². The topological polar surface area (TPSA) is 41.6 Å². The van der Waals surface area contributed by atoms with E-state index in [0.29, 0.717) is 0 Å². The Hall–Kier alpha value is -0.610. The monoisotopic (exact) mass is 268 g/mol. The SMILES string of the molecule is CCCC1CCCN(C(=O)C2CC(OC)CN2)CC1. The van der Waals surface area contributed by atoms with Crippen LogP contribution in [0, 0.1) is 5.92 Å². The molecule has 1 amide bonds. The van der Waals surface area contributed by atoms with Crippen LogP contribution < -0.4 is 5.32 Å². The van der Waals surface area contributed by atoms with Gasteiger partial charge in [0.2, 0.25) is 5.91 Å². The number of hydrogen-bond donors (Lipinski definition) is 1. The molecule has 0 aromatic heterocycles. The van der Waals surface area contributed by atoms with E-state index in [-0.39, 0.29) is 18.1 Å². The van der Waals surface area contributed by atoms with E-state index in [9.17, 15) is 4.79 Å². The molecule has 2 aliphatic rings. The lowest BCUT2D eigenvalue weighted by molar-refractivity contribution is -0.133. The number of rotatable bonds is 4. The largest absolute Gasteiger partial charge is 0.380 e. The molecule has 19 heavy (non-hydrogen) atoms. The molecular formula is C15H28N2O2. The predicted octanol–water partition coefficient (Wildman–Crippen LogP) is 1.79. The fourth-order valence-electron chi connectivity index (χ4n) is 3.37. The molecule has 0 aliphatic carbocycles. The summed E-state index contributed by atoms with van der Waals surface area (Å²) in [4.78, 5) is 14.6. The smallest absolute Gasteiger partial charge is 0.239 e. The highest BCUT2D eigenvalue weighted by Gasteiger charge is 2.32. The van der Waals surface area contributed by atoms with Gasteiger partial charge in [-0.3, -0.25) is 4.79 Å². The zero-order valence-corrected chi connectivity index (χ0v) is 12.4. The molecule has 110 valence electrons. The second-order valence-electron chi connectivity index (χ2n) is 5.97. The van der Waals surface area contributed by atoms with Crippen LogP contribution in [0.4, 0.5) is 0 Å². The van der Waals surface area contributed by atoms with E-state index in [1.807, 2.05) is 0 Å². The Labute approximate surface area is 116 Å². The van der Waals surface area contributed by atoms with Crippen molar-refractivity contribution in [1.82, 2.24) is 10.2 Å². The second-order valence-corrected chi connectivity index (χ2v) is 5.97. The minimum atomic E-state index is -0.0207. The van der Waals surface area contributed by atoms with E-state index in [1.165, 1.54) is 25.7 Å². The third-order valence-electron chi connectivity index (χ3n) is 4.58. The van der Waals surface area contributed by atoms with Crippen LogP contribution in [0.25, 0.3) is 0 Å². The first-order valence-corrected chi connectivity index (χ1v) is 7.79. The summed E-state index contributed by atoms with van der Waals surface area (Å²) in [6, 6.07) is -0.0207. The first-order valence-electron chi connectivity index (χ1n) is 7.79. The maximum Gasteiger partial charge on any atom is 0.239 e. The van der Waals surface area contributed by atoms with Gasteiger partial charge in [-0.1, -0.05) is 19.8 Å². The molecule has 0 aromatic rings. The molecule has 0 saturated carbocycles. The molecule has 2 heterocycles. The first kappa shape index (κ1) is 14.8. The van der Waals surface area contributed by atoms with E-state index >= 15 is 0 Å². The Morgan fingerprint density at radius 1 is 1.37 bits per heavy atom. The van der Waals surface area contributed by atoms with Crippen LogP contribution >= 0.6 is 0 Å². The van der Waals surface area contributed by atoms with E-state index in [4.69, 9.17) is 4.74 Å². The third kappa shape index (κ3) is 3.93. The lowest BCUT2D eigenvalue weighted by Gasteiger charge is -2.24. The van der Waals surface area contributed by atoms with Crippen molar-refractivity contribution in [1.29, 1.82) is 0 Å². The van der Waals surface area contributed by atoms with Crippen molar-refractivity contribution in [2.75, 3.05) is 26.7 Å². The number of nitrogens with one attached hydrogen (secondary N) is 1. The molecule has 2 aliphatic heterocycles. The van der Waals surface area contributed by atoms with Crippen molar-refractivity contribution >= 4 is 5.91 Å². The van der Waals surface area contributed by atoms with E-state index in [2.05, 4.69) is 17.1 Å². The normalized spacial score (nSPS) is 32.3. The second kappa shape index (κ2) is 7.25. The van der Waals surface area contributed by atoms with Crippen molar-refractivity contribution in [3.8, 4) is 0 Å². The highest BCUT2D eigenvalue weighted by molar-refractivity contribution is 5.82. The summed E-state index contributed by atoms with van der Waals surface area (Å²) in [5.74, 6) is 1.11. The van der Waals surface area contributed by atoms with Gasteiger partial charge in [-0.15, -0.1) is 0 Å². The van der Waals surface area contributed by atoms with Crippen LogP contribution in [0.5, 0.6) is 0 Å². The van der Waals surface area contributed by atoms with Crippen LogP contribution in [0.15, 0.2) is 0 Å². The summed E-state index contributed by atoms with van der Waals surface area (Å²) in [6.07, 6.45) is 7.24. The van der Waals surface area contributed by atoms with E-state index in [1.54, 1.807) is 7.11 Å². The van der Waals surface area contributed by atoms with Gasteiger partial charge in [0.15, 0.2) is 0 Å². The zero-order chi connectivity index (χ0) is 13.7. The molecular weight excluding hydrogens is 240 g/mol. The molecule has 2 rings (SSSR count). The molecule has 2 fully saturated rings. The average Bonchev–Trinajstić information content (AvgIpc) is 2.79. The molecule has 3 atom stereocenters. The Balaban J connectivity index is 1.83. The van der Waals surface area contributed by atoms with Crippen molar-refractivity contribution in [3.63, 3.8) is 0 Å². The zero-order valence-electron chi connectivity index (χ0n) is 12.4. The van der Waals surface area contributed by atoms with Gasteiger partial charge in [-0.2, -0.15) is 0 Å². The van der Waals surface area contributed by atoms with Crippen LogP contribution in [0.1, 0.15) is 45.4 Å². The standard InChI is InChI=1S/C15H28N2O2/c1-3-5-12-6-4-8-17(9-7-12)15(18)14-10-13(19-2)11-16-14/h12-14,16H,3-11H2,1-2H3. The van der Waals surface area contributed by atoms with Gasteiger partial charge in [0.1, 0.15) is 0 Å². The number of ether oxygens (including phenoxy) is 1. The lowest BCUT2D eigenvalue weighted by atomic mass is 9.96. The number of methoxy groups -OCH3 is 1. The minimum absolute atomic E-state index is 0.0207. The molecule has 2 saturated heterocycles. The Morgan fingerprint density at radius 2 is 2.21 bits per heavy atom. The van der Waals surface area contributed by atoms with E-state index < -0.39 is 0 Å². The molecule has 3 unspecified atom stereocenters. The molecule has 0 spiro atoms. The van der Waals surface area contributed by atoms with Crippen molar-refractivity contribution < 1.29 is 9.53 Å². The number of hydrogen-bond acceptors (Lipinski definition) is 3. The maximum atomic E-state index is 12.5. The molecule has 1 N–H and O–H groups in total. The van der Waals surface area contributed by atoms with Gasteiger partial charge in [0.05, 0.1) is 12.1 Å². The summed E-state index contributed by atoms with van der Waals surface area (Å²) in [5.41, 5.74) is 0. The van der Waals surface area contributed by atoms with Gasteiger partial charge >= 0.3 is 0 Å². The summed E-state index contributed by atoms with van der Waals surface area (Å²) in [6.45, 7) is 4.94. The summed E-state index contributed by atoms with van der Waals surface area (Å²) in [5, 5.41) is 3.30. The molecule has 0 aromatic carbocycles. The highest BCUT2D eigenvalue weighted by Crippen LogP contribution is 2.23. The Kier molecular flexibility index (Phi) is 5.64. The van der Waals surface area contributed by atoms with Crippen LogP contribution in [-0.4, -0.2) is 49.7 Å². The van der Waals surface area contributed by atoms with Crippen molar-refractivity contribution in [2.24, 2.45) is 5.92 Å². The molecule has 4 heteroatoms. The van der Waals surface area contributed by atoms with Gasteiger partial charge < -0.3 is 15.0 Å². The number of likely N-dealkylation sites (tertiary alicyclic amines) is 1. The number of carbonyl (C=O) groups is 1. The van der Waals surface area contributed by atoms with Gasteiger partial charge in [-0.05, 0) is 31.6 Å². The Bertz CT molecular complexity index is 296. The van der Waals surface area contributed by atoms with Crippen molar-refractivity contribution in [2.45, 2.75) is 57.6 Å². The third-order valence-corrected chi connectivity index (χ3v) is 4.58. The van der Waals surface area contributed by atoms with Crippen molar-refractivity contribution in [3.05, 3.63) is 0 Å². The lowest BCUT2D eigenvalue weighted by Crippen LogP contribution is -2.44. The summed E-state index contributed by atoms with van der Waals surface area (Å²) < 4.78 is 5.32. The number of amides is 1. The highest BCUT2D eigenvalue weighted by atomic mass is 16.5. The van der Waals surface area contributed by atoms with E-state index in [0.717, 1.165) is 38.4 Å². The van der Waals surface area contributed by atoms with Gasteiger partial charge in [-0.25, -0.2) is 0 Å². The molecule has 0 radical (unpaired) electrons. The summed E-state index contributed by atoms with van der Waals surface area (Å²) >= 11 is 0. The average molecular weight is 268 g/mol. The number of carbonyl (C=O) groups excluding carboxylic acids is 1. The summed E-state index contributed by atoms with van der Waals surface area (Å²) in [7, 11) is 1.72. The van der Waals surface area contributed by atoms with Crippen LogP contribution in [-0.2, 0) is 9.53 Å². The Morgan fingerprint density at radius 3 is 2.89 bits per heavy atom. The molecule has 0 bridgehead atoms. The minimum Gasteiger partial charge on any atom is -0.380 e. The quantitative estimate of drug-likeness (QED) is 0.845.